The second kappa shape index (κ2) is 3.57. The van der Waals surface area contributed by atoms with Crippen molar-refractivity contribution in [2.45, 2.75) is 12.2 Å². The highest BCUT2D eigenvalue weighted by molar-refractivity contribution is 7.80. The highest BCUT2D eigenvalue weighted by atomic mass is 32.1. The fourth-order valence-electron chi connectivity index (χ4n) is 0.647. The van der Waals surface area contributed by atoms with Gasteiger partial charge in [-0.2, -0.15) is 12.6 Å². The van der Waals surface area contributed by atoms with E-state index < -0.39 is 0 Å². The van der Waals surface area contributed by atoms with E-state index in [9.17, 15) is 0 Å². The molecule has 0 bridgehead atoms. The van der Waals surface area contributed by atoms with E-state index in [0.29, 0.717) is 6.01 Å². The molecule has 1 rings (SSSR count). The Morgan fingerprint density at radius 2 is 2.00 bits per heavy atom. The molecule has 11 heavy (non-hydrogen) atoms. The molecule has 0 aliphatic carbocycles. The molecule has 0 saturated heterocycles. The van der Waals surface area contributed by atoms with Crippen LogP contribution in [0.3, 0.4) is 0 Å². The molecule has 0 aliphatic heterocycles. The maximum Gasteiger partial charge on any atom is 0.316 e. The van der Waals surface area contributed by atoms with E-state index >= 15 is 0 Å². The van der Waals surface area contributed by atoms with Crippen molar-refractivity contribution in [1.29, 1.82) is 0 Å². The molecule has 1 heterocycles. The second-order valence-electron chi connectivity index (χ2n) is 2.18. The summed E-state index contributed by atoms with van der Waals surface area (Å²) in [5.74, 6) is 0. The molecule has 0 fully saturated rings. The maximum atomic E-state index is 4.80. The van der Waals surface area contributed by atoms with Gasteiger partial charge in [-0.3, -0.25) is 0 Å². The smallest absolute Gasteiger partial charge is 0.316 e. The molecular formula is C7H10N2OS. The van der Waals surface area contributed by atoms with E-state index in [-0.39, 0.29) is 5.25 Å². The van der Waals surface area contributed by atoms with Crippen molar-refractivity contribution in [3.8, 4) is 6.01 Å². The molecule has 1 aromatic rings. The number of hydrogen-bond acceptors (Lipinski definition) is 4. The van der Waals surface area contributed by atoms with Gasteiger partial charge in [-0.25, -0.2) is 9.97 Å². The van der Waals surface area contributed by atoms with Crippen LogP contribution in [-0.2, 0) is 0 Å². The molecule has 0 radical (unpaired) electrons. The third kappa shape index (κ3) is 2.08. The van der Waals surface area contributed by atoms with Crippen LogP contribution in [0.5, 0.6) is 6.01 Å². The molecule has 0 N–H and O–H groups in total. The molecule has 1 atom stereocenters. The molecule has 0 aliphatic rings. The summed E-state index contributed by atoms with van der Waals surface area (Å²) < 4.78 is 4.80. The van der Waals surface area contributed by atoms with Gasteiger partial charge >= 0.3 is 6.01 Å². The van der Waals surface area contributed by atoms with Crippen molar-refractivity contribution in [2.24, 2.45) is 0 Å². The van der Waals surface area contributed by atoms with Crippen LogP contribution >= 0.6 is 12.6 Å². The minimum absolute atomic E-state index is 0.168. The molecule has 60 valence electrons. The first kappa shape index (κ1) is 8.33. The predicted octanol–water partition coefficient (Wildman–Crippen LogP) is 1.48. The quantitative estimate of drug-likeness (QED) is 0.683. The predicted molar refractivity (Wildman–Crippen MR) is 46.0 cm³/mol. The Morgan fingerprint density at radius 3 is 2.36 bits per heavy atom. The normalized spacial score (nSPS) is 12.6. The third-order valence-corrected chi connectivity index (χ3v) is 1.61. The maximum absolute atomic E-state index is 4.80. The Hall–Kier alpha value is -0.770. The summed E-state index contributed by atoms with van der Waals surface area (Å²) in [6, 6.07) is 0.391. The van der Waals surface area contributed by atoms with Gasteiger partial charge in [-0.1, -0.05) is 0 Å². The first-order valence-corrected chi connectivity index (χ1v) is 3.79. The molecular weight excluding hydrogens is 160 g/mol. The summed E-state index contributed by atoms with van der Waals surface area (Å²) >= 11 is 4.23. The molecule has 3 nitrogen and oxygen atoms in total. The highest BCUT2D eigenvalue weighted by Crippen LogP contribution is 2.16. The Bertz CT molecular complexity index is 222. The molecule has 0 saturated carbocycles. The molecule has 0 amide bonds. The second-order valence-corrected chi connectivity index (χ2v) is 2.95. The average molecular weight is 170 g/mol. The van der Waals surface area contributed by atoms with Crippen LogP contribution in [0.2, 0.25) is 0 Å². The van der Waals surface area contributed by atoms with Gasteiger partial charge in [0.25, 0.3) is 0 Å². The minimum atomic E-state index is 0.168. The van der Waals surface area contributed by atoms with Crippen molar-refractivity contribution in [3.63, 3.8) is 0 Å². The zero-order valence-electron chi connectivity index (χ0n) is 6.48. The molecule has 0 spiro atoms. The fraction of sp³-hybridized carbons (Fsp3) is 0.429. The first-order valence-electron chi connectivity index (χ1n) is 3.28. The topological polar surface area (TPSA) is 35.0 Å². The zero-order valence-corrected chi connectivity index (χ0v) is 7.38. The van der Waals surface area contributed by atoms with E-state index in [1.807, 2.05) is 6.92 Å². The number of aromatic nitrogens is 2. The lowest BCUT2D eigenvalue weighted by Crippen LogP contribution is -1.93. The minimum Gasteiger partial charge on any atom is -0.467 e. The standard InChI is InChI=1S/C7H10N2OS/c1-5(11)6-3-8-7(10-2)9-4-6/h3-5,11H,1-2H3. The van der Waals surface area contributed by atoms with Gasteiger partial charge in [0.1, 0.15) is 0 Å². The Balaban J connectivity index is 2.83. The van der Waals surface area contributed by atoms with E-state index in [2.05, 4.69) is 22.6 Å². The number of nitrogens with zero attached hydrogens (tertiary/aromatic N) is 2. The first-order chi connectivity index (χ1) is 5.24. The lowest BCUT2D eigenvalue weighted by Gasteiger charge is -2.02. The summed E-state index contributed by atoms with van der Waals surface area (Å²) in [5, 5.41) is 0.168. The lowest BCUT2D eigenvalue weighted by molar-refractivity contribution is 0.379. The van der Waals surface area contributed by atoms with Crippen LogP contribution in [0.15, 0.2) is 12.4 Å². The van der Waals surface area contributed by atoms with Crippen LogP contribution in [0, 0.1) is 0 Å². The average Bonchev–Trinajstić information content (AvgIpc) is 2.05. The van der Waals surface area contributed by atoms with Crippen molar-refractivity contribution in [1.82, 2.24) is 9.97 Å². The third-order valence-electron chi connectivity index (χ3n) is 1.31. The summed E-state index contributed by atoms with van der Waals surface area (Å²) in [7, 11) is 1.54. The highest BCUT2D eigenvalue weighted by Gasteiger charge is 2.00. The van der Waals surface area contributed by atoms with Crippen LogP contribution in [-0.4, -0.2) is 17.1 Å². The monoisotopic (exact) mass is 170 g/mol. The summed E-state index contributed by atoms with van der Waals surface area (Å²) in [6.45, 7) is 1.97. The molecule has 0 aromatic carbocycles. The molecule has 4 heteroatoms. The Labute approximate surface area is 71.2 Å². The SMILES string of the molecule is COc1ncc(C(C)S)cn1. The van der Waals surface area contributed by atoms with Gasteiger partial charge in [0.15, 0.2) is 0 Å². The lowest BCUT2D eigenvalue weighted by atomic mass is 10.3. The summed E-state index contributed by atoms with van der Waals surface area (Å²) in [6.07, 6.45) is 3.42. The van der Waals surface area contributed by atoms with Crippen molar-refractivity contribution in [3.05, 3.63) is 18.0 Å². The van der Waals surface area contributed by atoms with Gasteiger partial charge in [0, 0.05) is 23.2 Å². The van der Waals surface area contributed by atoms with Crippen molar-refractivity contribution >= 4 is 12.6 Å². The number of thiol groups is 1. The number of ether oxygens (including phenoxy) is 1. The summed E-state index contributed by atoms with van der Waals surface area (Å²) in [5.41, 5.74) is 0.995. The Morgan fingerprint density at radius 1 is 1.45 bits per heavy atom. The Kier molecular flexibility index (Phi) is 2.70. The number of hydrogen-bond donors (Lipinski definition) is 1. The van der Waals surface area contributed by atoms with Gasteiger partial charge in [0.2, 0.25) is 0 Å². The van der Waals surface area contributed by atoms with E-state index in [1.165, 1.54) is 0 Å². The zero-order chi connectivity index (χ0) is 8.27. The van der Waals surface area contributed by atoms with Crippen LogP contribution in [0.1, 0.15) is 17.7 Å². The van der Waals surface area contributed by atoms with Crippen molar-refractivity contribution in [2.75, 3.05) is 7.11 Å². The van der Waals surface area contributed by atoms with Crippen LogP contribution in [0.4, 0.5) is 0 Å². The van der Waals surface area contributed by atoms with E-state index in [1.54, 1.807) is 19.5 Å². The van der Waals surface area contributed by atoms with E-state index in [4.69, 9.17) is 4.74 Å². The largest absolute Gasteiger partial charge is 0.467 e. The van der Waals surface area contributed by atoms with E-state index in [0.717, 1.165) is 5.56 Å². The fourth-order valence-corrected chi connectivity index (χ4v) is 0.781. The molecule has 1 aromatic heterocycles. The number of methoxy groups -OCH3 is 1. The van der Waals surface area contributed by atoms with Gasteiger partial charge in [-0.15, -0.1) is 0 Å². The van der Waals surface area contributed by atoms with Gasteiger partial charge < -0.3 is 4.74 Å². The van der Waals surface area contributed by atoms with Crippen molar-refractivity contribution < 1.29 is 4.74 Å². The van der Waals surface area contributed by atoms with Gasteiger partial charge in [0.05, 0.1) is 7.11 Å². The number of rotatable bonds is 2. The van der Waals surface area contributed by atoms with Crippen LogP contribution < -0.4 is 4.74 Å². The van der Waals surface area contributed by atoms with Crippen LogP contribution in [0.25, 0.3) is 0 Å². The van der Waals surface area contributed by atoms with Gasteiger partial charge in [-0.05, 0) is 6.92 Å². The molecule has 1 unspecified atom stereocenters. The summed E-state index contributed by atoms with van der Waals surface area (Å²) in [4.78, 5) is 7.87.